The van der Waals surface area contributed by atoms with Crippen LogP contribution in [0.15, 0.2) is 29.2 Å². The average molecular weight is 310 g/mol. The molecule has 1 fully saturated rings. The van der Waals surface area contributed by atoms with E-state index in [4.69, 9.17) is 0 Å². The van der Waals surface area contributed by atoms with Crippen molar-refractivity contribution in [1.82, 2.24) is 4.72 Å². The third kappa shape index (κ3) is 4.71. The first-order chi connectivity index (χ1) is 10.1. The van der Waals surface area contributed by atoms with Crippen molar-refractivity contribution in [3.8, 4) is 0 Å². The van der Waals surface area contributed by atoms with Crippen molar-refractivity contribution in [3.05, 3.63) is 24.3 Å². The summed E-state index contributed by atoms with van der Waals surface area (Å²) in [4.78, 5) is 0.356. The second-order valence-electron chi connectivity index (χ2n) is 5.78. The highest BCUT2D eigenvalue weighted by Gasteiger charge is 2.19. The number of benzene rings is 1. The van der Waals surface area contributed by atoms with Crippen molar-refractivity contribution >= 4 is 15.7 Å². The molecular formula is C16H26N2O2S. The lowest BCUT2D eigenvalue weighted by Gasteiger charge is -2.23. The number of sulfonamides is 1. The zero-order chi connectivity index (χ0) is 15.1. The summed E-state index contributed by atoms with van der Waals surface area (Å²) in [5, 5.41) is 3.35. The lowest BCUT2D eigenvalue weighted by Crippen LogP contribution is -2.26. The molecule has 0 bridgehead atoms. The predicted molar refractivity (Wildman–Crippen MR) is 87.0 cm³/mol. The molecule has 0 radical (unpaired) electrons. The Morgan fingerprint density at radius 2 is 1.86 bits per heavy atom. The summed E-state index contributed by atoms with van der Waals surface area (Å²) in [5.74, 6) is 0.665. The van der Waals surface area contributed by atoms with Gasteiger partial charge in [-0.2, -0.15) is 0 Å². The summed E-state index contributed by atoms with van der Waals surface area (Å²) in [6.07, 6.45) is 7.21. The van der Waals surface area contributed by atoms with Crippen LogP contribution in [0.2, 0.25) is 0 Å². The number of anilines is 1. The van der Waals surface area contributed by atoms with Gasteiger partial charge in [0.1, 0.15) is 4.90 Å². The smallest absolute Gasteiger partial charge is 0.242 e. The van der Waals surface area contributed by atoms with Gasteiger partial charge in [-0.1, -0.05) is 38.3 Å². The van der Waals surface area contributed by atoms with Crippen LogP contribution in [0.5, 0.6) is 0 Å². The Hall–Kier alpha value is -1.07. The molecular weight excluding hydrogens is 284 g/mol. The van der Waals surface area contributed by atoms with E-state index in [0.29, 0.717) is 23.0 Å². The molecule has 21 heavy (non-hydrogen) atoms. The van der Waals surface area contributed by atoms with Gasteiger partial charge in [0.2, 0.25) is 10.0 Å². The third-order valence-electron chi connectivity index (χ3n) is 4.02. The van der Waals surface area contributed by atoms with Crippen LogP contribution in [0.25, 0.3) is 0 Å². The van der Waals surface area contributed by atoms with Gasteiger partial charge in [-0.25, -0.2) is 13.1 Å². The molecule has 0 saturated heterocycles. The van der Waals surface area contributed by atoms with E-state index in [2.05, 4.69) is 10.0 Å². The predicted octanol–water partition coefficient (Wildman–Crippen LogP) is 3.37. The Balaban J connectivity index is 2.05. The van der Waals surface area contributed by atoms with Gasteiger partial charge in [-0.15, -0.1) is 0 Å². The zero-order valence-corrected chi connectivity index (χ0v) is 13.6. The molecule has 118 valence electrons. The Morgan fingerprint density at radius 1 is 1.14 bits per heavy atom. The van der Waals surface area contributed by atoms with E-state index in [9.17, 15) is 8.42 Å². The molecule has 2 N–H and O–H groups in total. The molecule has 1 aromatic rings. The second-order valence-corrected chi connectivity index (χ2v) is 7.51. The Morgan fingerprint density at radius 3 is 2.57 bits per heavy atom. The SMILES string of the molecule is CCCNS(=O)(=O)c1ccccc1NCC1CCCCC1. The Bertz CT molecular complexity index is 537. The average Bonchev–Trinajstić information content (AvgIpc) is 2.52. The largest absolute Gasteiger partial charge is 0.384 e. The van der Waals surface area contributed by atoms with Gasteiger partial charge < -0.3 is 5.32 Å². The maximum atomic E-state index is 12.3. The van der Waals surface area contributed by atoms with Crippen LogP contribution in [0.1, 0.15) is 45.4 Å². The summed E-state index contributed by atoms with van der Waals surface area (Å²) in [5.41, 5.74) is 0.715. The molecule has 0 heterocycles. The molecule has 1 saturated carbocycles. The fraction of sp³-hybridized carbons (Fsp3) is 0.625. The summed E-state index contributed by atoms with van der Waals surface area (Å²) in [6.45, 7) is 3.29. The lowest BCUT2D eigenvalue weighted by atomic mass is 9.89. The first-order valence-corrected chi connectivity index (χ1v) is 9.44. The number of hydrogen-bond acceptors (Lipinski definition) is 3. The molecule has 5 heteroatoms. The first-order valence-electron chi connectivity index (χ1n) is 7.96. The van der Waals surface area contributed by atoms with Gasteiger partial charge in [0.25, 0.3) is 0 Å². The Labute approximate surface area is 128 Å². The first kappa shape index (κ1) is 16.3. The number of rotatable bonds is 7. The van der Waals surface area contributed by atoms with Crippen molar-refractivity contribution in [3.63, 3.8) is 0 Å². The van der Waals surface area contributed by atoms with Crippen LogP contribution < -0.4 is 10.0 Å². The fourth-order valence-electron chi connectivity index (χ4n) is 2.81. The van der Waals surface area contributed by atoms with E-state index in [-0.39, 0.29) is 0 Å². The summed E-state index contributed by atoms with van der Waals surface area (Å²) in [6, 6.07) is 7.17. The van der Waals surface area contributed by atoms with Crippen LogP contribution in [-0.4, -0.2) is 21.5 Å². The van der Waals surface area contributed by atoms with Crippen molar-refractivity contribution in [2.75, 3.05) is 18.4 Å². The highest BCUT2D eigenvalue weighted by Crippen LogP contribution is 2.26. The van der Waals surface area contributed by atoms with Gasteiger partial charge in [-0.3, -0.25) is 0 Å². The summed E-state index contributed by atoms with van der Waals surface area (Å²) >= 11 is 0. The normalized spacial score (nSPS) is 16.8. The van der Waals surface area contributed by atoms with Gasteiger partial charge in [-0.05, 0) is 37.3 Å². The topological polar surface area (TPSA) is 58.2 Å². The molecule has 0 aromatic heterocycles. The van der Waals surface area contributed by atoms with E-state index in [1.54, 1.807) is 12.1 Å². The molecule has 1 aliphatic carbocycles. The molecule has 0 amide bonds. The monoisotopic (exact) mass is 310 g/mol. The van der Waals surface area contributed by atoms with Gasteiger partial charge in [0.15, 0.2) is 0 Å². The van der Waals surface area contributed by atoms with Crippen LogP contribution in [0.3, 0.4) is 0 Å². The summed E-state index contributed by atoms with van der Waals surface area (Å²) in [7, 11) is -3.42. The number of hydrogen-bond donors (Lipinski definition) is 2. The third-order valence-corrected chi connectivity index (χ3v) is 5.54. The quantitative estimate of drug-likeness (QED) is 0.812. The summed E-state index contributed by atoms with van der Waals surface area (Å²) < 4.78 is 27.3. The number of nitrogens with one attached hydrogen (secondary N) is 2. The second kappa shape index (κ2) is 7.80. The standard InChI is InChI=1S/C16H26N2O2S/c1-2-12-18-21(19,20)16-11-7-6-10-15(16)17-13-14-8-4-3-5-9-14/h6-7,10-11,14,17-18H,2-5,8-9,12-13H2,1H3. The van der Waals surface area contributed by atoms with Crippen LogP contribution in [-0.2, 0) is 10.0 Å². The van der Waals surface area contributed by atoms with E-state index < -0.39 is 10.0 Å². The highest BCUT2D eigenvalue weighted by molar-refractivity contribution is 7.89. The van der Waals surface area contributed by atoms with Crippen molar-refractivity contribution in [2.45, 2.75) is 50.3 Å². The highest BCUT2D eigenvalue weighted by atomic mass is 32.2. The molecule has 2 rings (SSSR count). The van der Waals surface area contributed by atoms with E-state index >= 15 is 0 Å². The molecule has 0 spiro atoms. The maximum absolute atomic E-state index is 12.3. The van der Waals surface area contributed by atoms with Gasteiger partial charge >= 0.3 is 0 Å². The van der Waals surface area contributed by atoms with Gasteiger partial charge in [0, 0.05) is 13.1 Å². The zero-order valence-electron chi connectivity index (χ0n) is 12.8. The lowest BCUT2D eigenvalue weighted by molar-refractivity contribution is 0.373. The van der Waals surface area contributed by atoms with Crippen molar-refractivity contribution in [1.29, 1.82) is 0 Å². The van der Waals surface area contributed by atoms with E-state index in [1.165, 1.54) is 32.1 Å². The van der Waals surface area contributed by atoms with Crippen LogP contribution >= 0.6 is 0 Å². The van der Waals surface area contributed by atoms with E-state index in [1.807, 2.05) is 19.1 Å². The molecule has 4 nitrogen and oxygen atoms in total. The van der Waals surface area contributed by atoms with Crippen LogP contribution in [0, 0.1) is 5.92 Å². The van der Waals surface area contributed by atoms with Crippen molar-refractivity contribution in [2.24, 2.45) is 5.92 Å². The molecule has 0 atom stereocenters. The minimum Gasteiger partial charge on any atom is -0.384 e. The Kier molecular flexibility index (Phi) is 6.06. The molecule has 0 unspecified atom stereocenters. The maximum Gasteiger partial charge on any atom is 0.242 e. The molecule has 1 aliphatic rings. The van der Waals surface area contributed by atoms with Gasteiger partial charge in [0.05, 0.1) is 5.69 Å². The minimum absolute atomic E-state index is 0.356. The minimum atomic E-state index is -3.42. The number of para-hydroxylation sites is 1. The van der Waals surface area contributed by atoms with Crippen molar-refractivity contribution < 1.29 is 8.42 Å². The molecule has 0 aliphatic heterocycles. The molecule has 1 aromatic carbocycles. The van der Waals surface area contributed by atoms with E-state index in [0.717, 1.165) is 13.0 Å². The fourth-order valence-corrected chi connectivity index (χ4v) is 4.12. The van der Waals surface area contributed by atoms with Crippen LogP contribution in [0.4, 0.5) is 5.69 Å².